The summed E-state index contributed by atoms with van der Waals surface area (Å²) in [5.41, 5.74) is 0.675. The van der Waals surface area contributed by atoms with Crippen molar-refractivity contribution >= 4 is 17.5 Å². The Hall–Kier alpha value is -2.08. The topological polar surface area (TPSA) is 61.9 Å². The molecule has 0 aliphatic carbocycles. The number of likely N-dealkylation sites (tertiary alicyclic amines) is 1. The Balaban J connectivity index is 1.72. The van der Waals surface area contributed by atoms with Crippen molar-refractivity contribution in [3.8, 4) is 5.75 Å². The first-order chi connectivity index (χ1) is 11.1. The molecule has 6 heteroatoms. The molecule has 1 saturated heterocycles. The molecule has 1 aromatic carbocycles. The lowest BCUT2D eigenvalue weighted by Gasteiger charge is -2.36. The fourth-order valence-corrected chi connectivity index (χ4v) is 3.17. The predicted molar refractivity (Wildman–Crippen MR) is 87.5 cm³/mol. The van der Waals surface area contributed by atoms with Gasteiger partial charge >= 0.3 is 0 Å². The summed E-state index contributed by atoms with van der Waals surface area (Å²) in [4.78, 5) is 28.4. The van der Waals surface area contributed by atoms with Gasteiger partial charge in [-0.05, 0) is 38.9 Å². The Bertz CT molecular complexity index is 597. The van der Waals surface area contributed by atoms with E-state index in [4.69, 9.17) is 4.74 Å². The van der Waals surface area contributed by atoms with Crippen LogP contribution < -0.4 is 15.0 Å². The second kappa shape index (κ2) is 6.58. The molecule has 1 fully saturated rings. The molecular formula is C17H23N3O3. The van der Waals surface area contributed by atoms with E-state index in [-0.39, 0.29) is 18.4 Å². The van der Waals surface area contributed by atoms with Crippen molar-refractivity contribution in [1.82, 2.24) is 10.2 Å². The summed E-state index contributed by atoms with van der Waals surface area (Å²) in [7, 11) is 1.95. The Morgan fingerprint density at radius 2 is 2.00 bits per heavy atom. The SMILES string of the molecule is CNC1CCN(C(=O)CN2C(=O)C(C)Oc3ccccc32)CC1. The number of para-hydroxylation sites is 2. The lowest BCUT2D eigenvalue weighted by molar-refractivity contribution is -0.133. The smallest absolute Gasteiger partial charge is 0.268 e. The van der Waals surface area contributed by atoms with Crippen LogP contribution in [-0.2, 0) is 9.59 Å². The third kappa shape index (κ3) is 3.17. The van der Waals surface area contributed by atoms with Crippen molar-refractivity contribution in [3.63, 3.8) is 0 Å². The molecule has 0 saturated carbocycles. The maximum absolute atomic E-state index is 12.6. The van der Waals surface area contributed by atoms with E-state index in [1.54, 1.807) is 11.8 Å². The van der Waals surface area contributed by atoms with Gasteiger partial charge in [0.15, 0.2) is 6.10 Å². The number of rotatable bonds is 3. The zero-order valence-corrected chi connectivity index (χ0v) is 13.6. The fraction of sp³-hybridized carbons (Fsp3) is 0.529. The van der Waals surface area contributed by atoms with E-state index < -0.39 is 6.10 Å². The molecule has 0 spiro atoms. The molecule has 0 radical (unpaired) electrons. The molecule has 1 aromatic rings. The van der Waals surface area contributed by atoms with Crippen molar-refractivity contribution < 1.29 is 14.3 Å². The summed E-state index contributed by atoms with van der Waals surface area (Å²) >= 11 is 0. The van der Waals surface area contributed by atoms with E-state index in [9.17, 15) is 9.59 Å². The number of ether oxygens (including phenoxy) is 1. The van der Waals surface area contributed by atoms with Gasteiger partial charge in [-0.2, -0.15) is 0 Å². The van der Waals surface area contributed by atoms with Crippen molar-refractivity contribution in [2.75, 3.05) is 31.6 Å². The number of nitrogens with one attached hydrogen (secondary N) is 1. The number of nitrogens with zero attached hydrogens (tertiary/aromatic N) is 2. The molecule has 3 rings (SSSR count). The molecule has 0 aromatic heterocycles. The number of carbonyl (C=O) groups excluding carboxylic acids is 2. The van der Waals surface area contributed by atoms with E-state index in [0.717, 1.165) is 25.9 Å². The average molecular weight is 317 g/mol. The fourth-order valence-electron chi connectivity index (χ4n) is 3.17. The van der Waals surface area contributed by atoms with Crippen molar-refractivity contribution in [2.45, 2.75) is 31.9 Å². The van der Waals surface area contributed by atoms with Crippen molar-refractivity contribution in [3.05, 3.63) is 24.3 Å². The van der Waals surface area contributed by atoms with Crippen molar-refractivity contribution in [2.24, 2.45) is 0 Å². The van der Waals surface area contributed by atoms with E-state index >= 15 is 0 Å². The molecule has 1 unspecified atom stereocenters. The monoisotopic (exact) mass is 317 g/mol. The Morgan fingerprint density at radius 1 is 1.30 bits per heavy atom. The van der Waals surface area contributed by atoms with E-state index in [1.165, 1.54) is 0 Å². The van der Waals surface area contributed by atoms with Gasteiger partial charge in [0.05, 0.1) is 5.69 Å². The molecule has 2 aliphatic heterocycles. The van der Waals surface area contributed by atoms with Crippen LogP contribution in [0.1, 0.15) is 19.8 Å². The summed E-state index contributed by atoms with van der Waals surface area (Å²) in [5, 5.41) is 3.25. The maximum atomic E-state index is 12.6. The van der Waals surface area contributed by atoms with Gasteiger partial charge in [-0.3, -0.25) is 14.5 Å². The summed E-state index contributed by atoms with van der Waals surface area (Å²) in [6.45, 7) is 3.27. The van der Waals surface area contributed by atoms with E-state index in [0.29, 0.717) is 17.5 Å². The van der Waals surface area contributed by atoms with Crippen molar-refractivity contribution in [1.29, 1.82) is 0 Å². The minimum Gasteiger partial charge on any atom is -0.479 e. The number of hydrogen-bond acceptors (Lipinski definition) is 4. The third-order valence-electron chi connectivity index (χ3n) is 4.62. The second-order valence-electron chi connectivity index (χ2n) is 6.10. The molecule has 2 amide bonds. The first kappa shape index (κ1) is 15.8. The summed E-state index contributed by atoms with van der Waals surface area (Å²) in [6.07, 6.45) is 1.34. The first-order valence-corrected chi connectivity index (χ1v) is 8.12. The molecule has 23 heavy (non-hydrogen) atoms. The molecule has 124 valence electrons. The van der Waals surface area contributed by atoms with Gasteiger partial charge < -0.3 is 15.0 Å². The summed E-state index contributed by atoms with van der Waals surface area (Å²) in [6, 6.07) is 7.84. The number of amides is 2. The Labute approximate surface area is 136 Å². The number of carbonyl (C=O) groups is 2. The van der Waals surface area contributed by atoms with Crippen LogP contribution in [0.5, 0.6) is 5.75 Å². The summed E-state index contributed by atoms with van der Waals surface area (Å²) in [5.74, 6) is 0.486. The summed E-state index contributed by atoms with van der Waals surface area (Å²) < 4.78 is 5.61. The molecule has 1 atom stereocenters. The van der Waals surface area contributed by atoms with Crippen LogP contribution in [-0.4, -0.2) is 55.5 Å². The highest BCUT2D eigenvalue weighted by Gasteiger charge is 2.34. The number of piperidine rings is 1. The van der Waals surface area contributed by atoms with Crippen LogP contribution in [0, 0.1) is 0 Å². The highest BCUT2D eigenvalue weighted by Crippen LogP contribution is 2.33. The second-order valence-corrected chi connectivity index (χ2v) is 6.10. The van der Waals surface area contributed by atoms with Gasteiger partial charge in [0.25, 0.3) is 5.91 Å². The lowest BCUT2D eigenvalue weighted by atomic mass is 10.1. The van der Waals surface area contributed by atoms with Gasteiger partial charge in [-0.15, -0.1) is 0 Å². The predicted octanol–water partition coefficient (Wildman–Crippen LogP) is 1.01. The zero-order valence-electron chi connectivity index (χ0n) is 13.6. The first-order valence-electron chi connectivity index (χ1n) is 8.12. The zero-order chi connectivity index (χ0) is 16.4. The Morgan fingerprint density at radius 3 is 2.70 bits per heavy atom. The van der Waals surface area contributed by atoms with Gasteiger partial charge in [-0.1, -0.05) is 12.1 Å². The molecule has 1 N–H and O–H groups in total. The van der Waals surface area contributed by atoms with Gasteiger partial charge in [0, 0.05) is 19.1 Å². The minimum atomic E-state index is -0.562. The van der Waals surface area contributed by atoms with Crippen LogP contribution in [0.4, 0.5) is 5.69 Å². The van der Waals surface area contributed by atoms with E-state index in [2.05, 4.69) is 5.32 Å². The number of hydrogen-bond donors (Lipinski definition) is 1. The number of fused-ring (bicyclic) bond motifs is 1. The normalized spacial score (nSPS) is 21.8. The lowest BCUT2D eigenvalue weighted by Crippen LogP contribution is -2.51. The number of benzene rings is 1. The molecule has 2 aliphatic rings. The highest BCUT2D eigenvalue weighted by atomic mass is 16.5. The van der Waals surface area contributed by atoms with Crippen LogP contribution >= 0.6 is 0 Å². The van der Waals surface area contributed by atoms with Crippen LogP contribution in [0.2, 0.25) is 0 Å². The number of anilines is 1. The largest absolute Gasteiger partial charge is 0.479 e. The van der Waals surface area contributed by atoms with E-state index in [1.807, 2.05) is 36.2 Å². The van der Waals surface area contributed by atoms with Crippen LogP contribution in [0.15, 0.2) is 24.3 Å². The van der Waals surface area contributed by atoms with Crippen LogP contribution in [0.3, 0.4) is 0 Å². The minimum absolute atomic E-state index is 0.00296. The molecular weight excluding hydrogens is 294 g/mol. The van der Waals surface area contributed by atoms with Gasteiger partial charge in [0.1, 0.15) is 12.3 Å². The highest BCUT2D eigenvalue weighted by molar-refractivity contribution is 6.03. The van der Waals surface area contributed by atoms with Crippen LogP contribution in [0.25, 0.3) is 0 Å². The maximum Gasteiger partial charge on any atom is 0.268 e. The van der Waals surface area contributed by atoms with Gasteiger partial charge in [-0.25, -0.2) is 0 Å². The molecule has 6 nitrogen and oxygen atoms in total. The standard InChI is InChI=1S/C17H23N3O3/c1-12-17(22)20(14-5-3-4-6-15(14)23-12)11-16(21)19-9-7-13(18-2)8-10-19/h3-6,12-13,18H,7-11H2,1-2H3. The quantitative estimate of drug-likeness (QED) is 0.904. The average Bonchev–Trinajstić information content (AvgIpc) is 2.59. The molecule has 0 bridgehead atoms. The third-order valence-corrected chi connectivity index (χ3v) is 4.62. The van der Waals surface area contributed by atoms with Gasteiger partial charge in [0.2, 0.25) is 5.91 Å². The molecule has 2 heterocycles. The Kier molecular flexibility index (Phi) is 4.52.